The van der Waals surface area contributed by atoms with Crippen LogP contribution in [-0.4, -0.2) is 21.8 Å². The highest BCUT2D eigenvalue weighted by Crippen LogP contribution is 2.26. The molecule has 1 aliphatic rings. The Labute approximate surface area is 131 Å². The van der Waals surface area contributed by atoms with Crippen LogP contribution in [0.15, 0.2) is 47.3 Å². The van der Waals surface area contributed by atoms with Crippen molar-refractivity contribution in [3.8, 4) is 0 Å². The van der Waals surface area contributed by atoms with Gasteiger partial charge < -0.3 is 9.32 Å². The SMILES string of the molecule is O=C(CCc1ccncc1)N(Cc1ccco1)C1CCCC1. The average Bonchev–Trinajstić information content (AvgIpc) is 3.24. The van der Waals surface area contributed by atoms with Gasteiger partial charge in [0.15, 0.2) is 0 Å². The van der Waals surface area contributed by atoms with E-state index in [1.807, 2.05) is 29.2 Å². The molecule has 4 heteroatoms. The Hall–Kier alpha value is -2.10. The second kappa shape index (κ2) is 7.25. The fourth-order valence-corrected chi connectivity index (χ4v) is 3.15. The number of furan rings is 1. The van der Waals surface area contributed by atoms with Crippen molar-refractivity contribution in [3.63, 3.8) is 0 Å². The van der Waals surface area contributed by atoms with Gasteiger partial charge in [-0.2, -0.15) is 0 Å². The van der Waals surface area contributed by atoms with Crippen molar-refractivity contribution in [2.45, 2.75) is 51.1 Å². The number of aryl methyl sites for hydroxylation is 1. The van der Waals surface area contributed by atoms with Gasteiger partial charge in [0.25, 0.3) is 0 Å². The summed E-state index contributed by atoms with van der Waals surface area (Å²) in [5, 5.41) is 0. The number of amides is 1. The molecule has 0 spiro atoms. The maximum absolute atomic E-state index is 12.7. The number of pyridine rings is 1. The van der Waals surface area contributed by atoms with E-state index in [0.29, 0.717) is 19.0 Å². The maximum atomic E-state index is 12.7. The van der Waals surface area contributed by atoms with Gasteiger partial charge >= 0.3 is 0 Å². The average molecular weight is 298 g/mol. The quantitative estimate of drug-likeness (QED) is 0.819. The molecule has 0 N–H and O–H groups in total. The minimum absolute atomic E-state index is 0.222. The fourth-order valence-electron chi connectivity index (χ4n) is 3.15. The van der Waals surface area contributed by atoms with E-state index in [1.54, 1.807) is 18.7 Å². The highest BCUT2D eigenvalue weighted by atomic mass is 16.3. The van der Waals surface area contributed by atoms with Crippen molar-refractivity contribution in [2.75, 3.05) is 0 Å². The molecular weight excluding hydrogens is 276 g/mol. The lowest BCUT2D eigenvalue weighted by atomic mass is 10.1. The first-order valence-electron chi connectivity index (χ1n) is 8.03. The lowest BCUT2D eigenvalue weighted by Crippen LogP contribution is -2.38. The Morgan fingerprint density at radius 1 is 1.23 bits per heavy atom. The molecule has 1 saturated carbocycles. The predicted molar refractivity (Wildman–Crippen MR) is 84.1 cm³/mol. The van der Waals surface area contributed by atoms with E-state index in [9.17, 15) is 4.79 Å². The first-order chi connectivity index (χ1) is 10.8. The summed E-state index contributed by atoms with van der Waals surface area (Å²) in [4.78, 5) is 18.7. The smallest absolute Gasteiger partial charge is 0.223 e. The molecule has 1 aliphatic carbocycles. The summed E-state index contributed by atoms with van der Waals surface area (Å²) < 4.78 is 5.43. The van der Waals surface area contributed by atoms with E-state index < -0.39 is 0 Å². The lowest BCUT2D eigenvalue weighted by molar-refractivity contribution is -0.134. The zero-order valence-electron chi connectivity index (χ0n) is 12.8. The summed E-state index contributed by atoms with van der Waals surface area (Å²) in [5.41, 5.74) is 1.16. The number of rotatable bonds is 6. The van der Waals surface area contributed by atoms with Crippen LogP contribution in [0, 0.1) is 0 Å². The van der Waals surface area contributed by atoms with Crippen LogP contribution in [0.1, 0.15) is 43.4 Å². The normalized spacial score (nSPS) is 15.1. The zero-order chi connectivity index (χ0) is 15.2. The molecule has 0 saturated heterocycles. The third-order valence-electron chi connectivity index (χ3n) is 4.37. The summed E-state index contributed by atoms with van der Waals surface area (Å²) in [6.45, 7) is 0.590. The second-order valence-corrected chi connectivity index (χ2v) is 5.89. The van der Waals surface area contributed by atoms with Crippen LogP contribution >= 0.6 is 0 Å². The topological polar surface area (TPSA) is 46.3 Å². The third kappa shape index (κ3) is 3.75. The van der Waals surface area contributed by atoms with Crippen molar-refractivity contribution in [1.82, 2.24) is 9.88 Å². The zero-order valence-corrected chi connectivity index (χ0v) is 12.8. The van der Waals surface area contributed by atoms with Crippen molar-refractivity contribution in [3.05, 3.63) is 54.2 Å². The van der Waals surface area contributed by atoms with Gasteiger partial charge in [0.1, 0.15) is 5.76 Å². The van der Waals surface area contributed by atoms with Gasteiger partial charge in [0, 0.05) is 24.9 Å². The summed E-state index contributed by atoms with van der Waals surface area (Å²) in [5.74, 6) is 1.09. The molecule has 4 nitrogen and oxygen atoms in total. The largest absolute Gasteiger partial charge is 0.467 e. The molecule has 0 radical (unpaired) electrons. The number of carbonyl (C=O) groups is 1. The highest BCUT2D eigenvalue weighted by Gasteiger charge is 2.27. The highest BCUT2D eigenvalue weighted by molar-refractivity contribution is 5.76. The Morgan fingerprint density at radius 3 is 2.68 bits per heavy atom. The van der Waals surface area contributed by atoms with Crippen molar-refractivity contribution < 1.29 is 9.21 Å². The number of carbonyl (C=O) groups excluding carboxylic acids is 1. The Bertz CT molecular complexity index is 574. The van der Waals surface area contributed by atoms with Gasteiger partial charge in [-0.25, -0.2) is 0 Å². The minimum Gasteiger partial charge on any atom is -0.467 e. The molecule has 2 heterocycles. The summed E-state index contributed by atoms with van der Waals surface area (Å²) >= 11 is 0. The molecular formula is C18H22N2O2. The molecule has 22 heavy (non-hydrogen) atoms. The van der Waals surface area contributed by atoms with Crippen LogP contribution in [-0.2, 0) is 17.8 Å². The summed E-state index contributed by atoms with van der Waals surface area (Å²) in [6, 6.07) is 8.14. The molecule has 3 rings (SSSR count). The Balaban J connectivity index is 1.63. The minimum atomic E-state index is 0.222. The number of nitrogens with zero attached hydrogens (tertiary/aromatic N) is 2. The van der Waals surface area contributed by atoms with E-state index in [0.717, 1.165) is 30.6 Å². The number of aromatic nitrogens is 1. The van der Waals surface area contributed by atoms with Crippen LogP contribution in [0.3, 0.4) is 0 Å². The summed E-state index contributed by atoms with van der Waals surface area (Å²) in [6.07, 6.45) is 11.2. The van der Waals surface area contributed by atoms with Gasteiger partial charge in [0.05, 0.1) is 12.8 Å². The lowest BCUT2D eigenvalue weighted by Gasteiger charge is -2.28. The van der Waals surface area contributed by atoms with Crippen molar-refractivity contribution in [2.24, 2.45) is 0 Å². The molecule has 1 amide bonds. The monoisotopic (exact) mass is 298 g/mol. The third-order valence-corrected chi connectivity index (χ3v) is 4.37. The molecule has 2 aromatic heterocycles. The number of hydrogen-bond acceptors (Lipinski definition) is 3. The molecule has 0 unspecified atom stereocenters. The second-order valence-electron chi connectivity index (χ2n) is 5.89. The molecule has 0 aliphatic heterocycles. The van der Waals surface area contributed by atoms with Crippen LogP contribution in [0.25, 0.3) is 0 Å². The van der Waals surface area contributed by atoms with Gasteiger partial charge in [-0.3, -0.25) is 9.78 Å². The molecule has 0 atom stereocenters. The standard InChI is InChI=1S/C18H22N2O2/c21-18(8-7-15-9-11-19-12-10-15)20(16-4-1-2-5-16)14-17-6-3-13-22-17/h3,6,9-13,16H,1-2,4-5,7-8,14H2. The fraction of sp³-hybridized carbons (Fsp3) is 0.444. The van der Waals surface area contributed by atoms with E-state index in [1.165, 1.54) is 12.8 Å². The molecule has 0 aromatic carbocycles. The van der Waals surface area contributed by atoms with Crippen LogP contribution in [0.4, 0.5) is 0 Å². The van der Waals surface area contributed by atoms with Gasteiger partial charge in [-0.1, -0.05) is 12.8 Å². The number of hydrogen-bond donors (Lipinski definition) is 0. The van der Waals surface area contributed by atoms with Gasteiger partial charge in [0.2, 0.25) is 5.91 Å². The summed E-state index contributed by atoms with van der Waals surface area (Å²) in [7, 11) is 0. The van der Waals surface area contributed by atoms with Crippen LogP contribution < -0.4 is 0 Å². The Morgan fingerprint density at radius 2 is 2.00 bits per heavy atom. The van der Waals surface area contributed by atoms with Crippen LogP contribution in [0.5, 0.6) is 0 Å². The van der Waals surface area contributed by atoms with E-state index >= 15 is 0 Å². The Kier molecular flexibility index (Phi) is 4.88. The van der Waals surface area contributed by atoms with Crippen molar-refractivity contribution in [1.29, 1.82) is 0 Å². The first kappa shape index (κ1) is 14.8. The molecule has 1 fully saturated rings. The molecule has 2 aromatic rings. The van der Waals surface area contributed by atoms with E-state index in [2.05, 4.69) is 4.98 Å². The van der Waals surface area contributed by atoms with E-state index in [-0.39, 0.29) is 5.91 Å². The van der Waals surface area contributed by atoms with E-state index in [4.69, 9.17) is 4.42 Å². The molecule has 0 bridgehead atoms. The first-order valence-corrected chi connectivity index (χ1v) is 8.03. The van der Waals surface area contributed by atoms with Gasteiger partial charge in [-0.05, 0) is 49.1 Å². The van der Waals surface area contributed by atoms with Crippen molar-refractivity contribution >= 4 is 5.91 Å². The van der Waals surface area contributed by atoms with Crippen LogP contribution in [0.2, 0.25) is 0 Å². The predicted octanol–water partition coefficient (Wildman–Crippen LogP) is 3.58. The van der Waals surface area contributed by atoms with Gasteiger partial charge in [-0.15, -0.1) is 0 Å². The molecule has 116 valence electrons. The maximum Gasteiger partial charge on any atom is 0.223 e.